The zero-order valence-electron chi connectivity index (χ0n) is 19.0. The number of amides is 2. The van der Waals surface area contributed by atoms with Crippen LogP contribution in [0, 0.1) is 0 Å². The smallest absolute Gasteiger partial charge is 0.416 e. The average molecular weight is 520 g/mol. The van der Waals surface area contributed by atoms with E-state index in [-0.39, 0.29) is 24.5 Å². The molecule has 0 bridgehead atoms. The van der Waals surface area contributed by atoms with Crippen molar-refractivity contribution in [3.05, 3.63) is 58.7 Å². The number of methoxy groups -OCH3 is 1. The lowest BCUT2D eigenvalue weighted by molar-refractivity contribution is -0.143. The molecule has 2 amide bonds. The van der Waals surface area contributed by atoms with Crippen LogP contribution in [0.25, 0.3) is 0 Å². The maximum Gasteiger partial charge on any atom is 0.416 e. The third-order valence-corrected chi connectivity index (χ3v) is 5.66. The molecule has 1 heterocycles. The Morgan fingerprint density at radius 3 is 2.19 bits per heavy atom. The monoisotopic (exact) mass is 520 g/mol. The molecule has 7 nitrogen and oxygen atoms in total. The molecule has 2 N–H and O–H groups in total. The second-order valence-corrected chi connectivity index (χ2v) is 8.16. The summed E-state index contributed by atoms with van der Waals surface area (Å²) in [6.45, 7) is 1.16. The molecule has 36 heavy (non-hydrogen) atoms. The van der Waals surface area contributed by atoms with Gasteiger partial charge in [0.1, 0.15) is 5.75 Å². The van der Waals surface area contributed by atoms with E-state index in [1.165, 1.54) is 13.2 Å². The summed E-state index contributed by atoms with van der Waals surface area (Å²) >= 11 is 0. The molecule has 0 unspecified atom stereocenters. The maximum absolute atomic E-state index is 13.0. The lowest BCUT2D eigenvalue weighted by Crippen LogP contribution is -2.45. The van der Waals surface area contributed by atoms with Crippen molar-refractivity contribution in [2.45, 2.75) is 44.2 Å². The Morgan fingerprint density at radius 1 is 1.06 bits per heavy atom. The maximum atomic E-state index is 13.0. The Labute approximate surface area is 201 Å². The predicted octanol–water partition coefficient (Wildman–Crippen LogP) is 6.02. The summed E-state index contributed by atoms with van der Waals surface area (Å²) in [7, 11) is 1.41. The van der Waals surface area contributed by atoms with Gasteiger partial charge in [-0.05, 0) is 48.7 Å². The normalized spacial score (nSPS) is 17.8. The third kappa shape index (κ3) is 6.13. The highest BCUT2D eigenvalue weighted by Gasteiger charge is 2.37. The molecule has 0 saturated carbocycles. The standard InChI is InChI=1S/C23H22F6N2O5/c1-12-7-18(17-4-3-16(35-2)11-19(17)31(12)21(33)34)30-20(32)36-6-5-13-8-14(22(24,25)26)10-15(9-13)23(27,28)29/h3-4,8-12,18H,5-7H2,1-2H3,(H,30,32)(H,33,34)/t12-,18+/m1/s1. The van der Waals surface area contributed by atoms with Crippen LogP contribution in [0.1, 0.15) is 41.6 Å². The molecule has 0 fully saturated rings. The number of benzene rings is 2. The lowest BCUT2D eigenvalue weighted by atomic mass is 9.92. The first kappa shape index (κ1) is 27.0. The molecule has 0 aromatic heterocycles. The summed E-state index contributed by atoms with van der Waals surface area (Å²) in [5.74, 6) is 0.398. The zero-order chi connectivity index (χ0) is 26.8. The minimum absolute atomic E-state index is 0.0220. The number of nitrogens with one attached hydrogen (secondary N) is 1. The van der Waals surface area contributed by atoms with Gasteiger partial charge in [-0.25, -0.2) is 9.59 Å². The number of carboxylic acid groups (broad SMARTS) is 1. The Bertz CT molecular complexity index is 1100. The fourth-order valence-electron chi connectivity index (χ4n) is 4.00. The molecule has 13 heteroatoms. The topological polar surface area (TPSA) is 88.1 Å². The van der Waals surface area contributed by atoms with E-state index in [4.69, 9.17) is 9.47 Å². The van der Waals surface area contributed by atoms with Gasteiger partial charge in [0.05, 0.1) is 36.6 Å². The summed E-state index contributed by atoms with van der Waals surface area (Å²) in [5.41, 5.74) is -2.44. The van der Waals surface area contributed by atoms with Crippen LogP contribution >= 0.6 is 0 Å². The minimum atomic E-state index is -4.98. The molecular weight excluding hydrogens is 498 g/mol. The van der Waals surface area contributed by atoms with Gasteiger partial charge in [0, 0.05) is 18.5 Å². The summed E-state index contributed by atoms with van der Waals surface area (Å²) < 4.78 is 88.2. The van der Waals surface area contributed by atoms with E-state index in [1.807, 2.05) is 0 Å². The molecule has 2 aromatic carbocycles. The van der Waals surface area contributed by atoms with Gasteiger partial charge in [0.2, 0.25) is 0 Å². The number of alkyl carbamates (subject to hydrolysis) is 1. The highest BCUT2D eigenvalue weighted by Crippen LogP contribution is 2.40. The average Bonchev–Trinajstić information content (AvgIpc) is 2.77. The van der Waals surface area contributed by atoms with Gasteiger partial charge in [0.15, 0.2) is 0 Å². The number of alkyl halides is 6. The Morgan fingerprint density at radius 2 is 1.67 bits per heavy atom. The van der Waals surface area contributed by atoms with Crippen molar-refractivity contribution in [1.29, 1.82) is 0 Å². The van der Waals surface area contributed by atoms with Gasteiger partial charge in [0.25, 0.3) is 0 Å². The molecule has 2 aromatic rings. The van der Waals surface area contributed by atoms with E-state index in [1.54, 1.807) is 19.1 Å². The first-order valence-electron chi connectivity index (χ1n) is 10.6. The summed E-state index contributed by atoms with van der Waals surface area (Å²) in [5, 5.41) is 12.2. The minimum Gasteiger partial charge on any atom is -0.497 e. The van der Waals surface area contributed by atoms with Gasteiger partial charge >= 0.3 is 24.5 Å². The molecule has 3 rings (SSSR count). The fraction of sp³-hybridized carbons (Fsp3) is 0.391. The van der Waals surface area contributed by atoms with Crippen molar-refractivity contribution in [2.24, 2.45) is 0 Å². The number of carbonyl (C=O) groups is 2. The fourth-order valence-corrected chi connectivity index (χ4v) is 4.00. The number of hydrogen-bond acceptors (Lipinski definition) is 4. The molecular formula is C23H22F6N2O5. The summed E-state index contributed by atoms with van der Waals surface area (Å²) in [6, 6.07) is 4.65. The molecule has 1 aliphatic heterocycles. The number of rotatable bonds is 5. The molecule has 2 atom stereocenters. The van der Waals surface area contributed by atoms with Crippen LogP contribution in [0.2, 0.25) is 0 Å². The van der Waals surface area contributed by atoms with Crippen molar-refractivity contribution in [1.82, 2.24) is 5.32 Å². The van der Waals surface area contributed by atoms with E-state index < -0.39 is 54.4 Å². The van der Waals surface area contributed by atoms with Gasteiger partial charge in [-0.3, -0.25) is 4.90 Å². The zero-order valence-corrected chi connectivity index (χ0v) is 19.0. The highest BCUT2D eigenvalue weighted by atomic mass is 19.4. The van der Waals surface area contributed by atoms with E-state index >= 15 is 0 Å². The second kappa shape index (κ2) is 10.2. The number of fused-ring (bicyclic) bond motifs is 1. The highest BCUT2D eigenvalue weighted by molar-refractivity contribution is 5.89. The summed E-state index contributed by atoms with van der Waals surface area (Å²) in [6.07, 6.45) is -12.3. The molecule has 0 aliphatic carbocycles. The predicted molar refractivity (Wildman–Crippen MR) is 115 cm³/mol. The van der Waals surface area contributed by atoms with Crippen LogP contribution in [-0.4, -0.2) is 37.1 Å². The summed E-state index contributed by atoms with van der Waals surface area (Å²) in [4.78, 5) is 25.2. The van der Waals surface area contributed by atoms with Crippen LogP contribution in [0.5, 0.6) is 5.75 Å². The Balaban J connectivity index is 1.71. The quantitative estimate of drug-likeness (QED) is 0.471. The first-order valence-corrected chi connectivity index (χ1v) is 10.6. The largest absolute Gasteiger partial charge is 0.497 e. The first-order chi connectivity index (χ1) is 16.7. The third-order valence-electron chi connectivity index (χ3n) is 5.66. The van der Waals surface area contributed by atoms with Gasteiger partial charge in [-0.15, -0.1) is 0 Å². The van der Waals surface area contributed by atoms with Crippen LogP contribution < -0.4 is 15.0 Å². The van der Waals surface area contributed by atoms with Gasteiger partial charge < -0.3 is 19.9 Å². The van der Waals surface area contributed by atoms with Crippen molar-refractivity contribution >= 4 is 17.9 Å². The van der Waals surface area contributed by atoms with Gasteiger partial charge in [-0.1, -0.05) is 6.07 Å². The molecule has 0 spiro atoms. The second-order valence-electron chi connectivity index (χ2n) is 8.16. The molecule has 0 saturated heterocycles. The Kier molecular flexibility index (Phi) is 7.60. The van der Waals surface area contributed by atoms with E-state index in [9.17, 15) is 41.0 Å². The molecule has 1 aliphatic rings. The van der Waals surface area contributed by atoms with Crippen molar-refractivity contribution in [3.63, 3.8) is 0 Å². The molecule has 0 radical (unpaired) electrons. The van der Waals surface area contributed by atoms with E-state index in [0.29, 0.717) is 29.1 Å². The van der Waals surface area contributed by atoms with Crippen molar-refractivity contribution in [3.8, 4) is 5.75 Å². The molecule has 196 valence electrons. The van der Waals surface area contributed by atoms with E-state index in [2.05, 4.69) is 5.32 Å². The van der Waals surface area contributed by atoms with Crippen LogP contribution in [0.4, 0.5) is 41.6 Å². The number of halogens is 6. The van der Waals surface area contributed by atoms with Crippen molar-refractivity contribution < 1.29 is 50.5 Å². The Hall–Kier alpha value is -3.64. The number of anilines is 1. The van der Waals surface area contributed by atoms with E-state index in [0.717, 1.165) is 4.90 Å². The lowest BCUT2D eigenvalue weighted by Gasteiger charge is -2.37. The van der Waals surface area contributed by atoms with Gasteiger partial charge in [-0.2, -0.15) is 26.3 Å². The number of hydrogen-bond donors (Lipinski definition) is 2. The van der Waals surface area contributed by atoms with Crippen molar-refractivity contribution in [2.75, 3.05) is 18.6 Å². The number of ether oxygens (including phenoxy) is 2. The van der Waals surface area contributed by atoms with Crippen LogP contribution in [-0.2, 0) is 23.5 Å². The SMILES string of the molecule is COc1ccc2c(c1)N(C(=O)O)[C@H](C)C[C@@H]2NC(=O)OCCc1cc(C(F)(F)F)cc(C(F)(F)F)c1. The van der Waals surface area contributed by atoms with Crippen LogP contribution in [0.15, 0.2) is 36.4 Å². The number of carbonyl (C=O) groups excluding carboxylic acids is 1. The van der Waals surface area contributed by atoms with Crippen LogP contribution in [0.3, 0.4) is 0 Å². The number of nitrogens with zero attached hydrogens (tertiary/aromatic N) is 1.